The number of Topliss-reactive ketones (excluding diaryl/α,β-unsaturated/α-hetero) is 1. The Morgan fingerprint density at radius 3 is 2.17 bits per heavy atom. The number of ketones is 1. The van der Waals surface area contributed by atoms with Crippen molar-refractivity contribution in [3.05, 3.63) is 69.7 Å². The molecular formula is C18H12Cl2N2O. The molecule has 0 amide bonds. The van der Waals surface area contributed by atoms with Gasteiger partial charge in [-0.05, 0) is 35.9 Å². The van der Waals surface area contributed by atoms with Crippen molar-refractivity contribution in [2.24, 2.45) is 5.92 Å². The van der Waals surface area contributed by atoms with Gasteiger partial charge in [0, 0.05) is 27.9 Å². The average molecular weight is 343 g/mol. The van der Waals surface area contributed by atoms with Gasteiger partial charge >= 0.3 is 0 Å². The van der Waals surface area contributed by atoms with E-state index in [4.69, 9.17) is 23.2 Å². The fourth-order valence-corrected chi connectivity index (χ4v) is 2.75. The Morgan fingerprint density at radius 2 is 1.61 bits per heavy atom. The third-order valence-corrected chi connectivity index (χ3v) is 4.15. The molecule has 3 nitrogen and oxygen atoms in total. The molecule has 0 aliphatic carbocycles. The van der Waals surface area contributed by atoms with Crippen LogP contribution in [0.5, 0.6) is 0 Å². The van der Waals surface area contributed by atoms with Crippen LogP contribution in [0.4, 0.5) is 0 Å². The number of benzene rings is 2. The lowest BCUT2D eigenvalue weighted by Crippen LogP contribution is -2.15. The van der Waals surface area contributed by atoms with Crippen LogP contribution in [-0.2, 0) is 0 Å². The summed E-state index contributed by atoms with van der Waals surface area (Å²) in [5.41, 5.74) is 1.12. The van der Waals surface area contributed by atoms with E-state index in [-0.39, 0.29) is 12.2 Å². The molecule has 2 aromatic rings. The largest absolute Gasteiger partial charge is 0.294 e. The molecule has 0 fully saturated rings. The summed E-state index contributed by atoms with van der Waals surface area (Å²) in [6, 6.07) is 17.4. The Balaban J connectivity index is 2.34. The first-order valence-electron chi connectivity index (χ1n) is 6.89. The Hall–Kier alpha value is -2.33. The molecule has 2 rings (SSSR count). The summed E-state index contributed by atoms with van der Waals surface area (Å²) in [5.74, 6) is -1.70. The lowest BCUT2D eigenvalue weighted by atomic mass is 9.82. The van der Waals surface area contributed by atoms with Crippen molar-refractivity contribution in [2.75, 3.05) is 0 Å². The number of carbonyl (C=O) groups excluding carboxylic acids is 1. The predicted octanol–water partition coefficient (Wildman–Crippen LogP) is 5.01. The van der Waals surface area contributed by atoms with Crippen LogP contribution in [-0.4, -0.2) is 5.78 Å². The Kier molecular flexibility index (Phi) is 5.77. The van der Waals surface area contributed by atoms with E-state index < -0.39 is 11.8 Å². The molecule has 5 heteroatoms. The minimum atomic E-state index is -0.953. The second-order valence-electron chi connectivity index (χ2n) is 5.00. The molecule has 0 heterocycles. The fourth-order valence-electron chi connectivity index (χ4n) is 2.35. The van der Waals surface area contributed by atoms with Gasteiger partial charge in [0.05, 0.1) is 12.1 Å². The van der Waals surface area contributed by atoms with Crippen molar-refractivity contribution in [1.29, 1.82) is 10.5 Å². The highest BCUT2D eigenvalue weighted by Crippen LogP contribution is 2.34. The van der Waals surface area contributed by atoms with Crippen LogP contribution in [0, 0.1) is 28.6 Å². The maximum absolute atomic E-state index is 12.5. The number of hydrogen-bond acceptors (Lipinski definition) is 3. The molecule has 23 heavy (non-hydrogen) atoms. The quantitative estimate of drug-likeness (QED) is 0.717. The SMILES string of the molecule is N#CC(C#N)[C@@H](CC(=O)c1ccc(Cl)cc1)c1ccccc1Cl. The van der Waals surface area contributed by atoms with E-state index in [0.29, 0.717) is 21.2 Å². The second-order valence-corrected chi connectivity index (χ2v) is 5.84. The van der Waals surface area contributed by atoms with Gasteiger partial charge in [0.2, 0.25) is 0 Å². The Bertz CT molecular complexity index is 774. The van der Waals surface area contributed by atoms with E-state index in [2.05, 4.69) is 0 Å². The van der Waals surface area contributed by atoms with Crippen molar-refractivity contribution < 1.29 is 4.79 Å². The normalized spacial score (nSPS) is 11.5. The molecule has 0 aromatic heterocycles. The summed E-state index contributed by atoms with van der Waals surface area (Å²) < 4.78 is 0. The van der Waals surface area contributed by atoms with Crippen molar-refractivity contribution in [3.8, 4) is 12.1 Å². The van der Waals surface area contributed by atoms with E-state index in [1.165, 1.54) is 0 Å². The smallest absolute Gasteiger partial charge is 0.163 e. The zero-order chi connectivity index (χ0) is 16.8. The minimum absolute atomic E-state index is 0.0250. The zero-order valence-electron chi connectivity index (χ0n) is 12.0. The second kappa shape index (κ2) is 7.79. The minimum Gasteiger partial charge on any atom is -0.294 e. The fraction of sp³-hybridized carbons (Fsp3) is 0.167. The lowest BCUT2D eigenvalue weighted by Gasteiger charge is -2.18. The number of nitriles is 2. The average Bonchev–Trinajstić information content (AvgIpc) is 2.56. The Labute approximate surface area is 144 Å². The standard InChI is InChI=1S/C18H12Cl2N2O/c19-14-7-5-12(6-8-14)18(23)9-16(13(10-21)11-22)15-3-1-2-4-17(15)20/h1-8,13,16H,9H2/t16-/m1/s1. The zero-order valence-corrected chi connectivity index (χ0v) is 13.6. The molecule has 114 valence electrons. The van der Waals surface area contributed by atoms with Crippen molar-refractivity contribution >= 4 is 29.0 Å². The third-order valence-electron chi connectivity index (χ3n) is 3.56. The molecular weight excluding hydrogens is 331 g/mol. The van der Waals surface area contributed by atoms with Crippen LogP contribution in [0.15, 0.2) is 48.5 Å². The monoisotopic (exact) mass is 342 g/mol. The van der Waals surface area contributed by atoms with E-state index in [0.717, 1.165) is 0 Å². The number of nitrogens with zero attached hydrogens (tertiary/aromatic N) is 2. The first-order chi connectivity index (χ1) is 11.1. The highest BCUT2D eigenvalue weighted by molar-refractivity contribution is 6.31. The highest BCUT2D eigenvalue weighted by Gasteiger charge is 2.27. The lowest BCUT2D eigenvalue weighted by molar-refractivity contribution is 0.0971. The van der Waals surface area contributed by atoms with Crippen LogP contribution in [0.3, 0.4) is 0 Å². The van der Waals surface area contributed by atoms with E-state index in [9.17, 15) is 15.3 Å². The van der Waals surface area contributed by atoms with Gasteiger partial charge in [-0.25, -0.2) is 0 Å². The number of carbonyl (C=O) groups is 1. The molecule has 0 saturated carbocycles. The maximum atomic E-state index is 12.5. The van der Waals surface area contributed by atoms with Crippen LogP contribution in [0.2, 0.25) is 10.0 Å². The van der Waals surface area contributed by atoms with Gasteiger partial charge < -0.3 is 0 Å². The number of halogens is 2. The third kappa shape index (κ3) is 4.11. The molecule has 0 aliphatic rings. The molecule has 0 unspecified atom stereocenters. The maximum Gasteiger partial charge on any atom is 0.163 e. The van der Waals surface area contributed by atoms with Crippen molar-refractivity contribution in [3.63, 3.8) is 0 Å². The van der Waals surface area contributed by atoms with Crippen LogP contribution in [0.1, 0.15) is 28.3 Å². The van der Waals surface area contributed by atoms with Crippen LogP contribution >= 0.6 is 23.2 Å². The first kappa shape index (κ1) is 17.0. The number of rotatable bonds is 5. The summed E-state index contributed by atoms with van der Waals surface area (Å²) in [7, 11) is 0. The van der Waals surface area contributed by atoms with Gasteiger partial charge in [0.25, 0.3) is 0 Å². The van der Waals surface area contributed by atoms with Crippen LogP contribution < -0.4 is 0 Å². The van der Waals surface area contributed by atoms with Crippen molar-refractivity contribution in [2.45, 2.75) is 12.3 Å². The highest BCUT2D eigenvalue weighted by atomic mass is 35.5. The summed E-state index contributed by atoms with van der Waals surface area (Å²) in [6.45, 7) is 0. The molecule has 0 bridgehead atoms. The summed E-state index contributed by atoms with van der Waals surface area (Å²) in [5, 5.41) is 19.4. The molecule has 0 aliphatic heterocycles. The van der Waals surface area contributed by atoms with Gasteiger partial charge in [0.15, 0.2) is 5.78 Å². The van der Waals surface area contributed by atoms with E-state index in [1.807, 2.05) is 12.1 Å². The van der Waals surface area contributed by atoms with Gasteiger partial charge in [-0.1, -0.05) is 41.4 Å². The van der Waals surface area contributed by atoms with E-state index in [1.54, 1.807) is 48.5 Å². The molecule has 2 aromatic carbocycles. The molecule has 0 N–H and O–H groups in total. The van der Waals surface area contributed by atoms with Gasteiger partial charge in [-0.15, -0.1) is 0 Å². The topological polar surface area (TPSA) is 64.7 Å². The molecule has 0 radical (unpaired) electrons. The predicted molar refractivity (Wildman–Crippen MR) is 89.3 cm³/mol. The molecule has 0 saturated heterocycles. The van der Waals surface area contributed by atoms with Crippen LogP contribution in [0.25, 0.3) is 0 Å². The van der Waals surface area contributed by atoms with Gasteiger partial charge in [-0.3, -0.25) is 4.79 Å². The summed E-state index contributed by atoms with van der Waals surface area (Å²) in [6.07, 6.45) is 0.0250. The molecule has 1 atom stereocenters. The summed E-state index contributed by atoms with van der Waals surface area (Å²) >= 11 is 12.0. The first-order valence-corrected chi connectivity index (χ1v) is 7.65. The Morgan fingerprint density at radius 1 is 1.00 bits per heavy atom. The van der Waals surface area contributed by atoms with E-state index >= 15 is 0 Å². The van der Waals surface area contributed by atoms with Gasteiger partial charge in [-0.2, -0.15) is 10.5 Å². The van der Waals surface area contributed by atoms with Crippen molar-refractivity contribution in [1.82, 2.24) is 0 Å². The number of hydrogen-bond donors (Lipinski definition) is 0. The summed E-state index contributed by atoms with van der Waals surface area (Å²) in [4.78, 5) is 12.5. The van der Waals surface area contributed by atoms with Gasteiger partial charge in [0.1, 0.15) is 5.92 Å². The molecule has 0 spiro atoms.